The Bertz CT molecular complexity index is 950. The molecule has 1 amide bonds. The zero-order chi connectivity index (χ0) is 23.6. The number of carbonyl (C=O) groups is 1. The van der Waals surface area contributed by atoms with Gasteiger partial charge in [0, 0.05) is 11.5 Å². The average Bonchev–Trinajstić information content (AvgIpc) is 3.35. The van der Waals surface area contributed by atoms with E-state index in [-0.39, 0.29) is 18.6 Å². The van der Waals surface area contributed by atoms with Crippen molar-refractivity contribution in [3.63, 3.8) is 0 Å². The highest BCUT2D eigenvalue weighted by atomic mass is 35.5. The third kappa shape index (κ3) is 7.76. The fourth-order valence-electron chi connectivity index (χ4n) is 2.96. The summed E-state index contributed by atoms with van der Waals surface area (Å²) in [6.07, 6.45) is 2.37. The molecule has 6 nitrogen and oxygen atoms in total. The second-order valence-electron chi connectivity index (χ2n) is 7.32. The van der Waals surface area contributed by atoms with E-state index in [1.54, 1.807) is 12.1 Å². The number of hydrogen-bond acceptors (Lipinski definition) is 7. The predicted octanol–water partition coefficient (Wildman–Crippen LogP) is 5.92. The molecule has 9 heteroatoms. The van der Waals surface area contributed by atoms with Crippen molar-refractivity contribution in [2.45, 2.75) is 37.9 Å². The highest BCUT2D eigenvalue weighted by Crippen LogP contribution is 2.45. The second kappa shape index (κ2) is 13.0. The normalized spacial score (nSPS) is 14.9. The van der Waals surface area contributed by atoms with E-state index in [1.165, 1.54) is 23.3 Å². The summed E-state index contributed by atoms with van der Waals surface area (Å²) in [6, 6.07) is 11.4. The van der Waals surface area contributed by atoms with Gasteiger partial charge in [0.05, 0.1) is 28.5 Å². The number of nitrogens with zero attached hydrogens (tertiary/aromatic N) is 1. The number of hydrazone groups is 1. The van der Waals surface area contributed by atoms with Crippen LogP contribution in [0.2, 0.25) is 5.02 Å². The van der Waals surface area contributed by atoms with Crippen molar-refractivity contribution >= 4 is 47.2 Å². The Morgan fingerprint density at radius 2 is 1.94 bits per heavy atom. The molecule has 3 rings (SSSR count). The smallest absolute Gasteiger partial charge is 0.277 e. The molecule has 1 aliphatic rings. The maximum atomic E-state index is 12.1. The van der Waals surface area contributed by atoms with Crippen molar-refractivity contribution < 1.29 is 19.0 Å². The summed E-state index contributed by atoms with van der Waals surface area (Å²) in [5.41, 5.74) is 4.42. The van der Waals surface area contributed by atoms with Gasteiger partial charge in [-0.3, -0.25) is 4.79 Å². The molecular formula is C24H29ClN2O4S2. The van der Waals surface area contributed by atoms with Crippen molar-refractivity contribution in [2.75, 3.05) is 24.7 Å². The lowest BCUT2D eigenvalue weighted by Crippen LogP contribution is -2.24. The number of carbonyl (C=O) groups excluding carboxylic acids is 1. The van der Waals surface area contributed by atoms with E-state index < -0.39 is 0 Å². The Kier molecular flexibility index (Phi) is 10.1. The number of ether oxygens (including phenoxy) is 3. The molecule has 0 spiro atoms. The van der Waals surface area contributed by atoms with Gasteiger partial charge in [-0.15, -0.1) is 23.5 Å². The van der Waals surface area contributed by atoms with E-state index in [2.05, 4.69) is 22.7 Å². The van der Waals surface area contributed by atoms with E-state index in [0.29, 0.717) is 39.0 Å². The van der Waals surface area contributed by atoms with E-state index in [9.17, 15) is 4.79 Å². The van der Waals surface area contributed by atoms with E-state index in [4.69, 9.17) is 25.8 Å². The van der Waals surface area contributed by atoms with E-state index in [0.717, 1.165) is 6.42 Å². The van der Waals surface area contributed by atoms with Gasteiger partial charge in [-0.1, -0.05) is 30.7 Å². The molecule has 178 valence electrons. The minimum absolute atomic E-state index is 0.0113. The van der Waals surface area contributed by atoms with Gasteiger partial charge in [0.1, 0.15) is 5.75 Å². The Morgan fingerprint density at radius 3 is 2.61 bits per heavy atom. The zero-order valence-electron chi connectivity index (χ0n) is 19.0. The average molecular weight is 509 g/mol. The Balaban J connectivity index is 1.52. The van der Waals surface area contributed by atoms with Crippen LogP contribution in [0.1, 0.15) is 42.9 Å². The molecule has 1 heterocycles. The summed E-state index contributed by atoms with van der Waals surface area (Å²) in [5, 5.41) is 4.43. The molecule has 0 unspecified atom stereocenters. The van der Waals surface area contributed by atoms with Crippen LogP contribution < -0.4 is 19.6 Å². The minimum atomic E-state index is -0.356. The number of amides is 1. The standard InChI is InChI=1S/C24H29ClN2O4S2/c1-4-16(3)31-23-20(25)12-17(13-21(23)29-5-2)14-26-27-22(28)15-30-19-8-6-18(7-9-19)24-32-10-11-33-24/h6-9,12-14,16,24H,4-5,10-11,15H2,1-3H3,(H,27,28)/b26-14-/t16-/m1/s1. The highest BCUT2D eigenvalue weighted by molar-refractivity contribution is 8.19. The first-order valence-electron chi connectivity index (χ1n) is 10.9. The van der Waals surface area contributed by atoms with E-state index >= 15 is 0 Å². The Hall–Kier alpha value is -2.03. The SMILES string of the molecule is CCOc1cc(/C=N\NC(=O)COc2ccc(C3SCCS3)cc2)cc(Cl)c1O[C@H](C)CC. The van der Waals surface area contributed by atoms with Gasteiger partial charge in [-0.25, -0.2) is 5.43 Å². The first kappa shape index (κ1) is 25.6. The molecule has 1 fully saturated rings. The predicted molar refractivity (Wildman–Crippen MR) is 138 cm³/mol. The number of halogens is 1. The minimum Gasteiger partial charge on any atom is -0.490 e. The first-order chi connectivity index (χ1) is 16.0. The monoisotopic (exact) mass is 508 g/mol. The van der Waals surface area contributed by atoms with Gasteiger partial charge < -0.3 is 14.2 Å². The maximum Gasteiger partial charge on any atom is 0.277 e. The van der Waals surface area contributed by atoms with Gasteiger partial charge >= 0.3 is 0 Å². The van der Waals surface area contributed by atoms with Crippen LogP contribution in [0.25, 0.3) is 0 Å². The van der Waals surface area contributed by atoms with Crippen LogP contribution in [0.5, 0.6) is 17.2 Å². The number of rotatable bonds is 11. The first-order valence-corrected chi connectivity index (χ1v) is 13.4. The molecule has 0 radical (unpaired) electrons. The van der Waals surface area contributed by atoms with Crippen LogP contribution in [0, 0.1) is 0 Å². The zero-order valence-corrected chi connectivity index (χ0v) is 21.4. The van der Waals surface area contributed by atoms with Crippen LogP contribution in [0.3, 0.4) is 0 Å². The van der Waals surface area contributed by atoms with Gasteiger partial charge in [0.25, 0.3) is 5.91 Å². The van der Waals surface area contributed by atoms with Crippen LogP contribution >= 0.6 is 35.1 Å². The highest BCUT2D eigenvalue weighted by Gasteiger charge is 2.18. The third-order valence-corrected chi connectivity index (χ3v) is 8.16. The number of benzene rings is 2. The maximum absolute atomic E-state index is 12.1. The van der Waals surface area contributed by atoms with Crippen molar-refractivity contribution in [2.24, 2.45) is 5.10 Å². The summed E-state index contributed by atoms with van der Waals surface area (Å²) in [4.78, 5) is 12.1. The number of thioether (sulfide) groups is 2. The molecule has 1 N–H and O–H groups in total. The number of hydrogen-bond donors (Lipinski definition) is 1. The van der Waals surface area contributed by atoms with Crippen molar-refractivity contribution in [3.05, 3.63) is 52.5 Å². The van der Waals surface area contributed by atoms with Crippen molar-refractivity contribution in [1.82, 2.24) is 5.43 Å². The molecule has 0 saturated carbocycles. The summed E-state index contributed by atoms with van der Waals surface area (Å²) < 4.78 is 17.6. The lowest BCUT2D eigenvalue weighted by Gasteiger charge is -2.18. The van der Waals surface area contributed by atoms with Crippen LogP contribution in [0.15, 0.2) is 41.5 Å². The number of nitrogens with one attached hydrogen (secondary N) is 1. The summed E-state index contributed by atoms with van der Waals surface area (Å²) >= 11 is 10.3. The molecule has 0 bridgehead atoms. The molecule has 33 heavy (non-hydrogen) atoms. The summed E-state index contributed by atoms with van der Waals surface area (Å²) in [6.45, 7) is 6.25. The van der Waals surface area contributed by atoms with Crippen LogP contribution in [-0.2, 0) is 4.79 Å². The summed E-state index contributed by atoms with van der Waals surface area (Å²) in [7, 11) is 0. The van der Waals surface area contributed by atoms with Gasteiger partial charge in [-0.05, 0) is 55.7 Å². The lowest BCUT2D eigenvalue weighted by atomic mass is 10.2. The lowest BCUT2D eigenvalue weighted by molar-refractivity contribution is -0.123. The Morgan fingerprint density at radius 1 is 1.21 bits per heavy atom. The fourth-order valence-corrected chi connectivity index (χ4v) is 6.08. The second-order valence-corrected chi connectivity index (χ2v) is 10.5. The van der Waals surface area contributed by atoms with E-state index in [1.807, 2.05) is 56.4 Å². The molecule has 2 aromatic rings. The topological polar surface area (TPSA) is 69.2 Å². The Labute approximate surface area is 208 Å². The fraction of sp³-hybridized carbons (Fsp3) is 0.417. The van der Waals surface area contributed by atoms with Gasteiger partial charge in [0.15, 0.2) is 18.1 Å². The molecule has 0 aliphatic carbocycles. The largest absolute Gasteiger partial charge is 0.490 e. The third-order valence-electron chi connectivity index (χ3n) is 4.77. The van der Waals surface area contributed by atoms with Crippen molar-refractivity contribution in [3.8, 4) is 17.2 Å². The van der Waals surface area contributed by atoms with Gasteiger partial charge in [-0.2, -0.15) is 5.10 Å². The van der Waals surface area contributed by atoms with Crippen LogP contribution in [-0.4, -0.2) is 42.9 Å². The molecular weight excluding hydrogens is 480 g/mol. The molecule has 1 atom stereocenters. The quantitative estimate of drug-likeness (QED) is 0.300. The van der Waals surface area contributed by atoms with Crippen LogP contribution in [0.4, 0.5) is 0 Å². The van der Waals surface area contributed by atoms with Crippen molar-refractivity contribution in [1.29, 1.82) is 0 Å². The molecule has 1 saturated heterocycles. The molecule has 0 aromatic heterocycles. The van der Waals surface area contributed by atoms with Gasteiger partial charge in [0.2, 0.25) is 0 Å². The molecule has 1 aliphatic heterocycles. The summed E-state index contributed by atoms with van der Waals surface area (Å²) in [5.74, 6) is 3.71. The molecule has 2 aromatic carbocycles.